The molecule has 0 spiro atoms. The molecule has 11 heteroatoms. The fourth-order valence-corrected chi connectivity index (χ4v) is 4.15. The van der Waals surface area contributed by atoms with Crippen LogP contribution < -0.4 is 10.5 Å². The summed E-state index contributed by atoms with van der Waals surface area (Å²) in [5, 5.41) is 10.1. The van der Waals surface area contributed by atoms with Crippen molar-refractivity contribution < 1.29 is 13.2 Å². The van der Waals surface area contributed by atoms with Gasteiger partial charge in [0.2, 0.25) is 10.0 Å². The molecular formula is C17H14N6O3S2. The summed E-state index contributed by atoms with van der Waals surface area (Å²) in [6.07, 6.45) is 5.82. The lowest BCUT2D eigenvalue weighted by atomic mass is 10.0. The van der Waals surface area contributed by atoms with E-state index in [1.807, 2.05) is 12.1 Å². The first-order valence-electron chi connectivity index (χ1n) is 7.96. The number of carbonyl (C=O) groups is 1. The van der Waals surface area contributed by atoms with Crippen LogP contribution in [-0.4, -0.2) is 40.7 Å². The highest BCUT2D eigenvalue weighted by molar-refractivity contribution is 7.92. The number of carbonyl (C=O) groups excluding carboxylic acids is 1. The molecule has 1 amide bonds. The fourth-order valence-electron chi connectivity index (χ4n) is 2.77. The number of aromatic nitrogens is 4. The number of pyridine rings is 1. The molecule has 0 radical (unpaired) electrons. The van der Waals surface area contributed by atoms with Gasteiger partial charge in [0.15, 0.2) is 0 Å². The monoisotopic (exact) mass is 414 g/mol. The van der Waals surface area contributed by atoms with Crippen molar-refractivity contribution >= 4 is 43.9 Å². The molecular weight excluding hydrogens is 400 g/mol. The van der Waals surface area contributed by atoms with Crippen LogP contribution in [0.3, 0.4) is 0 Å². The second-order valence-electron chi connectivity index (χ2n) is 6.09. The zero-order valence-electron chi connectivity index (χ0n) is 14.5. The third-order valence-electron chi connectivity index (χ3n) is 3.92. The maximum absolute atomic E-state index is 11.5. The largest absolute Gasteiger partial charge is 0.364 e. The predicted octanol–water partition coefficient (Wildman–Crippen LogP) is 2.22. The van der Waals surface area contributed by atoms with Crippen molar-refractivity contribution in [3.63, 3.8) is 0 Å². The number of hydrogen-bond donors (Lipinski definition) is 3. The summed E-state index contributed by atoms with van der Waals surface area (Å²) in [6, 6.07) is 5.46. The highest BCUT2D eigenvalue weighted by Gasteiger charge is 2.15. The Bertz CT molecular complexity index is 1310. The van der Waals surface area contributed by atoms with E-state index in [-0.39, 0.29) is 5.69 Å². The third kappa shape index (κ3) is 3.57. The molecule has 0 saturated heterocycles. The van der Waals surface area contributed by atoms with Gasteiger partial charge in [-0.25, -0.2) is 13.4 Å². The Labute approximate surface area is 163 Å². The summed E-state index contributed by atoms with van der Waals surface area (Å²) in [5.74, 6) is -0.592. The number of rotatable bonds is 5. The Morgan fingerprint density at radius 3 is 2.71 bits per heavy atom. The minimum absolute atomic E-state index is 0.197. The van der Waals surface area contributed by atoms with Gasteiger partial charge in [-0.3, -0.25) is 19.6 Å². The summed E-state index contributed by atoms with van der Waals surface area (Å²) in [6.45, 7) is 0. The Morgan fingerprint density at radius 2 is 2.00 bits per heavy atom. The minimum atomic E-state index is -3.42. The van der Waals surface area contributed by atoms with Crippen LogP contribution in [0.5, 0.6) is 0 Å². The molecule has 0 fully saturated rings. The second kappa shape index (κ2) is 6.69. The lowest BCUT2D eigenvalue weighted by Gasteiger charge is -2.08. The number of aromatic amines is 1. The third-order valence-corrected chi connectivity index (χ3v) is 5.40. The number of H-pyrrole nitrogens is 1. The van der Waals surface area contributed by atoms with Crippen LogP contribution in [0.1, 0.15) is 10.5 Å². The molecule has 0 unspecified atom stereocenters. The van der Waals surface area contributed by atoms with E-state index >= 15 is 0 Å². The molecule has 4 aromatic rings. The molecule has 4 N–H and O–H groups in total. The van der Waals surface area contributed by atoms with Gasteiger partial charge >= 0.3 is 0 Å². The van der Waals surface area contributed by atoms with Crippen LogP contribution in [-0.2, 0) is 10.0 Å². The molecule has 0 saturated carbocycles. The van der Waals surface area contributed by atoms with E-state index in [1.165, 1.54) is 17.5 Å². The van der Waals surface area contributed by atoms with Crippen LogP contribution >= 0.6 is 11.3 Å². The molecule has 0 atom stereocenters. The Kier molecular flexibility index (Phi) is 4.32. The average molecular weight is 414 g/mol. The highest BCUT2D eigenvalue weighted by atomic mass is 32.2. The quantitative estimate of drug-likeness (QED) is 0.457. The van der Waals surface area contributed by atoms with Crippen molar-refractivity contribution in [2.45, 2.75) is 0 Å². The normalized spacial score (nSPS) is 11.6. The van der Waals surface area contributed by atoms with Gasteiger partial charge in [0, 0.05) is 28.1 Å². The van der Waals surface area contributed by atoms with Crippen molar-refractivity contribution in [1.29, 1.82) is 0 Å². The second-order valence-corrected chi connectivity index (χ2v) is 8.70. The number of sulfonamides is 1. The van der Waals surface area contributed by atoms with Crippen LogP contribution in [0.25, 0.3) is 32.6 Å². The van der Waals surface area contributed by atoms with Gasteiger partial charge < -0.3 is 5.73 Å². The summed E-state index contributed by atoms with van der Waals surface area (Å²) < 4.78 is 25.4. The van der Waals surface area contributed by atoms with E-state index in [9.17, 15) is 13.2 Å². The topological polar surface area (TPSA) is 144 Å². The number of nitrogens with one attached hydrogen (secondary N) is 2. The van der Waals surface area contributed by atoms with Crippen molar-refractivity contribution in [2.75, 3.05) is 11.0 Å². The van der Waals surface area contributed by atoms with Gasteiger partial charge in [0.1, 0.15) is 10.7 Å². The minimum Gasteiger partial charge on any atom is -0.364 e. The number of thiazole rings is 1. The van der Waals surface area contributed by atoms with Crippen LogP contribution in [0.4, 0.5) is 5.69 Å². The number of primary amides is 1. The van der Waals surface area contributed by atoms with E-state index < -0.39 is 15.9 Å². The lowest BCUT2D eigenvalue weighted by Crippen LogP contribution is -2.10. The standard InChI is InChI=1S/C17H14N6O3S2/c1-28(25,26)23-11-2-10(5-19-6-11)9-3-12(13-7-20-22-14(13)4-9)17-21-15(8-27-17)16(18)24/h2-8,23H,1H3,(H2,18,24)(H,20,22). The highest BCUT2D eigenvalue weighted by Crippen LogP contribution is 2.35. The number of anilines is 1. The van der Waals surface area contributed by atoms with Crippen molar-refractivity contribution in [2.24, 2.45) is 5.73 Å². The van der Waals surface area contributed by atoms with E-state index in [1.54, 1.807) is 23.8 Å². The number of nitrogens with zero attached hydrogens (tertiary/aromatic N) is 3. The molecule has 4 rings (SSSR count). The summed E-state index contributed by atoms with van der Waals surface area (Å²) in [5.41, 5.74) is 8.90. The molecule has 3 aromatic heterocycles. The number of amides is 1. The molecule has 0 aliphatic heterocycles. The molecule has 9 nitrogen and oxygen atoms in total. The maximum atomic E-state index is 11.5. The average Bonchev–Trinajstić information content (AvgIpc) is 3.29. The molecule has 0 aliphatic carbocycles. The summed E-state index contributed by atoms with van der Waals surface area (Å²) in [4.78, 5) is 19.8. The molecule has 142 valence electrons. The first kappa shape index (κ1) is 18.1. The number of fused-ring (bicyclic) bond motifs is 1. The lowest BCUT2D eigenvalue weighted by molar-refractivity contribution is 0.0996. The zero-order chi connectivity index (χ0) is 19.9. The van der Waals surface area contributed by atoms with Gasteiger partial charge in [-0.05, 0) is 23.8 Å². The predicted molar refractivity (Wildman–Crippen MR) is 107 cm³/mol. The Hall–Kier alpha value is -3.31. The molecule has 0 bridgehead atoms. The number of nitrogens with two attached hydrogens (primary N) is 1. The van der Waals surface area contributed by atoms with E-state index in [4.69, 9.17) is 5.73 Å². The van der Waals surface area contributed by atoms with E-state index in [0.717, 1.165) is 28.3 Å². The fraction of sp³-hybridized carbons (Fsp3) is 0.0588. The van der Waals surface area contributed by atoms with Crippen LogP contribution in [0, 0.1) is 0 Å². The first-order valence-corrected chi connectivity index (χ1v) is 10.7. The van der Waals surface area contributed by atoms with Crippen LogP contribution in [0.2, 0.25) is 0 Å². The van der Waals surface area contributed by atoms with Gasteiger partial charge in [0.05, 0.1) is 29.9 Å². The maximum Gasteiger partial charge on any atom is 0.268 e. The Morgan fingerprint density at radius 1 is 1.18 bits per heavy atom. The van der Waals surface area contributed by atoms with Gasteiger partial charge in [-0.15, -0.1) is 11.3 Å². The SMILES string of the molecule is CS(=O)(=O)Nc1cncc(-c2cc(-c3nc(C(N)=O)cs3)c3cn[nH]c3c2)c1. The molecule has 3 heterocycles. The van der Waals surface area contributed by atoms with Crippen molar-refractivity contribution in [3.8, 4) is 21.7 Å². The number of hydrogen-bond acceptors (Lipinski definition) is 7. The zero-order valence-corrected chi connectivity index (χ0v) is 16.1. The van der Waals surface area contributed by atoms with E-state index in [0.29, 0.717) is 16.3 Å². The van der Waals surface area contributed by atoms with Crippen molar-refractivity contribution in [3.05, 3.63) is 47.9 Å². The smallest absolute Gasteiger partial charge is 0.268 e. The summed E-state index contributed by atoms with van der Waals surface area (Å²) in [7, 11) is -3.42. The van der Waals surface area contributed by atoms with E-state index in [2.05, 4.69) is 24.9 Å². The molecule has 1 aromatic carbocycles. The number of benzene rings is 1. The van der Waals surface area contributed by atoms with Gasteiger partial charge in [-0.1, -0.05) is 0 Å². The van der Waals surface area contributed by atoms with Crippen LogP contribution in [0.15, 0.2) is 42.2 Å². The first-order chi connectivity index (χ1) is 13.3. The van der Waals surface area contributed by atoms with Crippen molar-refractivity contribution in [1.82, 2.24) is 20.2 Å². The summed E-state index contributed by atoms with van der Waals surface area (Å²) >= 11 is 1.30. The van der Waals surface area contributed by atoms with Gasteiger partial charge in [0.25, 0.3) is 5.91 Å². The molecule has 0 aliphatic rings. The molecule has 28 heavy (non-hydrogen) atoms. The Balaban J connectivity index is 1.85. The van der Waals surface area contributed by atoms with Gasteiger partial charge in [-0.2, -0.15) is 5.10 Å².